The van der Waals surface area contributed by atoms with E-state index in [1.54, 1.807) is 42.5 Å². The molecular weight excluding hydrogens is 502 g/mol. The number of benzene rings is 3. The first-order valence-electron chi connectivity index (χ1n) is 11.2. The molecule has 2 N–H and O–H groups in total. The molecule has 3 rings (SSSR count). The maximum Gasteiger partial charge on any atom is 0.264 e. The van der Waals surface area contributed by atoms with Gasteiger partial charge in [0.2, 0.25) is 5.91 Å². The first-order valence-corrected chi connectivity index (χ1v) is 13.0. The molecule has 0 bridgehead atoms. The van der Waals surface area contributed by atoms with E-state index in [0.29, 0.717) is 17.3 Å². The maximum absolute atomic E-state index is 13.6. The minimum Gasteiger partial charge on any atom is -0.497 e. The number of amides is 2. The van der Waals surface area contributed by atoms with E-state index in [2.05, 4.69) is 10.6 Å². The van der Waals surface area contributed by atoms with Crippen LogP contribution in [0.4, 0.5) is 11.4 Å². The standard InChI is InChI=1S/C26H28ClN3O5S/c1-18(2)16-28-26(32)23-9-4-5-10-24(23)29-25(31)17-30(20-8-6-7-19(27)15-20)36(33,34)22-13-11-21(35-3)12-14-22/h4-15,18H,16-17H2,1-3H3,(H,28,32)(H,29,31). The van der Waals surface area contributed by atoms with Crippen molar-refractivity contribution in [3.05, 3.63) is 83.4 Å². The van der Waals surface area contributed by atoms with Crippen LogP contribution in [0.5, 0.6) is 5.75 Å². The first kappa shape index (κ1) is 27.0. The van der Waals surface area contributed by atoms with Gasteiger partial charge in [-0.1, -0.05) is 43.6 Å². The summed E-state index contributed by atoms with van der Waals surface area (Å²) >= 11 is 6.12. The zero-order valence-corrected chi connectivity index (χ0v) is 21.8. The van der Waals surface area contributed by atoms with Gasteiger partial charge in [0.05, 0.1) is 28.9 Å². The molecule has 0 spiro atoms. The van der Waals surface area contributed by atoms with E-state index in [0.717, 1.165) is 4.31 Å². The Bertz CT molecular complexity index is 1330. The van der Waals surface area contributed by atoms with E-state index >= 15 is 0 Å². The summed E-state index contributed by atoms with van der Waals surface area (Å²) in [5.74, 6) is -0.216. The molecule has 3 aromatic rings. The van der Waals surface area contributed by atoms with Crippen molar-refractivity contribution in [2.45, 2.75) is 18.7 Å². The summed E-state index contributed by atoms with van der Waals surface area (Å²) in [5, 5.41) is 5.81. The lowest BCUT2D eigenvalue weighted by Crippen LogP contribution is -2.38. The molecule has 0 saturated carbocycles. The molecule has 0 atom stereocenters. The fraction of sp³-hybridized carbons (Fsp3) is 0.231. The molecule has 36 heavy (non-hydrogen) atoms. The Labute approximate surface area is 216 Å². The number of rotatable bonds is 10. The summed E-state index contributed by atoms with van der Waals surface area (Å²) in [4.78, 5) is 25.7. The third-order valence-corrected chi connectivity index (χ3v) is 7.17. The lowest BCUT2D eigenvalue weighted by Gasteiger charge is -2.24. The molecule has 0 unspecified atom stereocenters. The SMILES string of the molecule is COc1ccc(S(=O)(=O)N(CC(=O)Nc2ccccc2C(=O)NCC(C)C)c2cccc(Cl)c2)cc1. The Morgan fingerprint density at radius 1 is 1.00 bits per heavy atom. The van der Waals surface area contributed by atoms with Crippen LogP contribution in [0.25, 0.3) is 0 Å². The molecule has 10 heteroatoms. The highest BCUT2D eigenvalue weighted by molar-refractivity contribution is 7.92. The van der Waals surface area contributed by atoms with Crippen LogP contribution >= 0.6 is 11.6 Å². The first-order chi connectivity index (χ1) is 17.1. The van der Waals surface area contributed by atoms with Crippen molar-refractivity contribution in [1.82, 2.24) is 5.32 Å². The number of halogens is 1. The van der Waals surface area contributed by atoms with Crippen LogP contribution in [0.15, 0.2) is 77.7 Å². The second kappa shape index (κ2) is 11.9. The van der Waals surface area contributed by atoms with Gasteiger partial charge in [-0.15, -0.1) is 0 Å². The van der Waals surface area contributed by atoms with Gasteiger partial charge in [0.1, 0.15) is 12.3 Å². The number of nitrogens with zero attached hydrogens (tertiary/aromatic N) is 1. The summed E-state index contributed by atoms with van der Waals surface area (Å²) in [6.07, 6.45) is 0. The Morgan fingerprint density at radius 2 is 1.69 bits per heavy atom. The largest absolute Gasteiger partial charge is 0.497 e. The minimum atomic E-state index is -4.15. The van der Waals surface area contributed by atoms with Crippen molar-refractivity contribution in [3.63, 3.8) is 0 Å². The minimum absolute atomic E-state index is 0.0236. The van der Waals surface area contributed by atoms with Crippen molar-refractivity contribution in [2.75, 3.05) is 29.8 Å². The number of anilines is 2. The smallest absolute Gasteiger partial charge is 0.264 e. The molecule has 0 aliphatic carbocycles. The van der Waals surface area contributed by atoms with Gasteiger partial charge < -0.3 is 15.4 Å². The molecule has 190 valence electrons. The molecule has 2 amide bonds. The summed E-state index contributed by atoms with van der Waals surface area (Å²) in [7, 11) is -2.67. The number of hydrogen-bond acceptors (Lipinski definition) is 5. The molecule has 0 saturated heterocycles. The van der Waals surface area contributed by atoms with E-state index in [-0.39, 0.29) is 33.7 Å². The number of methoxy groups -OCH3 is 1. The van der Waals surface area contributed by atoms with E-state index in [4.69, 9.17) is 16.3 Å². The van der Waals surface area contributed by atoms with Crippen molar-refractivity contribution in [2.24, 2.45) is 5.92 Å². The van der Waals surface area contributed by atoms with Crippen LogP contribution in [-0.2, 0) is 14.8 Å². The second-order valence-electron chi connectivity index (χ2n) is 8.36. The van der Waals surface area contributed by atoms with Crippen LogP contribution in [0.1, 0.15) is 24.2 Å². The van der Waals surface area contributed by atoms with Gasteiger partial charge in [-0.25, -0.2) is 8.42 Å². The fourth-order valence-electron chi connectivity index (χ4n) is 3.32. The summed E-state index contributed by atoms with van der Waals surface area (Å²) < 4.78 is 33.2. The van der Waals surface area contributed by atoms with E-state index < -0.39 is 22.5 Å². The van der Waals surface area contributed by atoms with Gasteiger partial charge in [-0.2, -0.15) is 0 Å². The zero-order chi connectivity index (χ0) is 26.3. The Hall–Kier alpha value is -3.56. The summed E-state index contributed by atoms with van der Waals surface area (Å²) in [6, 6.07) is 18.6. The third kappa shape index (κ3) is 6.77. The molecule has 0 aromatic heterocycles. The van der Waals surface area contributed by atoms with Gasteiger partial charge in [-0.3, -0.25) is 13.9 Å². The average Bonchev–Trinajstić information content (AvgIpc) is 2.86. The molecule has 0 fully saturated rings. The van der Waals surface area contributed by atoms with E-state index in [1.807, 2.05) is 13.8 Å². The quantitative estimate of drug-likeness (QED) is 0.400. The van der Waals surface area contributed by atoms with Crippen molar-refractivity contribution in [1.29, 1.82) is 0 Å². The number of sulfonamides is 1. The normalized spacial score (nSPS) is 11.1. The van der Waals surface area contributed by atoms with Crippen LogP contribution in [-0.4, -0.2) is 40.4 Å². The topological polar surface area (TPSA) is 105 Å². The predicted molar refractivity (Wildman–Crippen MR) is 141 cm³/mol. The molecule has 0 radical (unpaired) electrons. The summed E-state index contributed by atoms with van der Waals surface area (Å²) in [6.45, 7) is 3.88. The number of carbonyl (C=O) groups excluding carboxylic acids is 2. The molecule has 3 aromatic carbocycles. The zero-order valence-electron chi connectivity index (χ0n) is 20.2. The van der Waals surface area contributed by atoms with Crippen LogP contribution < -0.4 is 19.7 Å². The van der Waals surface area contributed by atoms with Crippen molar-refractivity contribution in [3.8, 4) is 5.75 Å². The fourth-order valence-corrected chi connectivity index (χ4v) is 4.92. The van der Waals surface area contributed by atoms with E-state index in [1.165, 1.54) is 37.4 Å². The van der Waals surface area contributed by atoms with Gasteiger partial charge in [0, 0.05) is 11.6 Å². The van der Waals surface area contributed by atoms with Gasteiger partial charge in [0.25, 0.3) is 15.9 Å². The monoisotopic (exact) mass is 529 g/mol. The molecule has 8 nitrogen and oxygen atoms in total. The number of hydrogen-bond donors (Lipinski definition) is 2. The van der Waals surface area contributed by atoms with Gasteiger partial charge in [-0.05, 0) is 60.5 Å². The van der Waals surface area contributed by atoms with Crippen molar-refractivity contribution < 1.29 is 22.7 Å². The number of para-hydroxylation sites is 1. The summed E-state index contributed by atoms with van der Waals surface area (Å²) in [5.41, 5.74) is 0.770. The van der Waals surface area contributed by atoms with Crippen LogP contribution in [0, 0.1) is 5.92 Å². The lowest BCUT2D eigenvalue weighted by molar-refractivity contribution is -0.114. The Balaban J connectivity index is 1.90. The average molecular weight is 530 g/mol. The van der Waals surface area contributed by atoms with Crippen LogP contribution in [0.2, 0.25) is 5.02 Å². The second-order valence-corrected chi connectivity index (χ2v) is 10.7. The lowest BCUT2D eigenvalue weighted by atomic mass is 10.1. The predicted octanol–water partition coefficient (Wildman–Crippen LogP) is 4.57. The highest BCUT2D eigenvalue weighted by atomic mass is 35.5. The van der Waals surface area contributed by atoms with Crippen molar-refractivity contribution >= 4 is 44.8 Å². The Morgan fingerprint density at radius 3 is 2.33 bits per heavy atom. The van der Waals surface area contributed by atoms with Gasteiger partial charge >= 0.3 is 0 Å². The number of carbonyl (C=O) groups is 2. The third-order valence-electron chi connectivity index (χ3n) is 5.15. The Kier molecular flexibility index (Phi) is 8.95. The molecule has 0 aliphatic heterocycles. The van der Waals surface area contributed by atoms with Crippen LogP contribution in [0.3, 0.4) is 0 Å². The molecule has 0 heterocycles. The van der Waals surface area contributed by atoms with E-state index in [9.17, 15) is 18.0 Å². The maximum atomic E-state index is 13.6. The number of ether oxygens (including phenoxy) is 1. The number of nitrogens with one attached hydrogen (secondary N) is 2. The molecular formula is C26H28ClN3O5S. The highest BCUT2D eigenvalue weighted by Gasteiger charge is 2.28. The van der Waals surface area contributed by atoms with Gasteiger partial charge in [0.15, 0.2) is 0 Å². The highest BCUT2D eigenvalue weighted by Crippen LogP contribution is 2.27. The molecule has 0 aliphatic rings.